The first-order valence-electron chi connectivity index (χ1n) is 8.97. The van der Waals surface area contributed by atoms with Gasteiger partial charge in [-0.1, -0.05) is 17.7 Å². The molecule has 1 aromatic carbocycles. The first kappa shape index (κ1) is 19.6. The van der Waals surface area contributed by atoms with Crippen LogP contribution in [0.5, 0.6) is 0 Å². The van der Waals surface area contributed by atoms with Crippen molar-refractivity contribution in [1.82, 2.24) is 4.90 Å². The maximum atomic E-state index is 12.0. The molecule has 1 saturated heterocycles. The molecular formula is C20H25N3O2S2. The number of thiophene rings is 1. The Morgan fingerprint density at radius 1 is 1.26 bits per heavy atom. The molecule has 0 aliphatic carbocycles. The maximum Gasteiger partial charge on any atom is 0.340 e. The van der Waals surface area contributed by atoms with Gasteiger partial charge in [-0.2, -0.15) is 0 Å². The number of hydrogen-bond donors (Lipinski definition) is 1. The molecule has 5 nitrogen and oxygen atoms in total. The van der Waals surface area contributed by atoms with Gasteiger partial charge >= 0.3 is 5.97 Å². The number of hydrogen-bond acceptors (Lipinski definition) is 5. The van der Waals surface area contributed by atoms with Crippen molar-refractivity contribution in [3.8, 4) is 0 Å². The van der Waals surface area contributed by atoms with Crippen LogP contribution in [0.15, 0.2) is 30.3 Å². The van der Waals surface area contributed by atoms with Crippen LogP contribution in [0.1, 0.15) is 27.7 Å². The average Bonchev–Trinajstić information content (AvgIpc) is 3.02. The molecule has 0 amide bonds. The van der Waals surface area contributed by atoms with E-state index in [0.717, 1.165) is 29.5 Å². The first-order valence-corrected chi connectivity index (χ1v) is 10.2. The van der Waals surface area contributed by atoms with E-state index in [1.54, 1.807) is 0 Å². The van der Waals surface area contributed by atoms with Gasteiger partial charge in [0.15, 0.2) is 5.11 Å². The number of thiocarbonyl (C=S) groups is 1. The van der Waals surface area contributed by atoms with Gasteiger partial charge in [0.25, 0.3) is 0 Å². The fourth-order valence-electron chi connectivity index (χ4n) is 3.31. The number of piperazine rings is 1. The van der Waals surface area contributed by atoms with Gasteiger partial charge < -0.3 is 19.9 Å². The number of esters is 1. The van der Waals surface area contributed by atoms with Gasteiger partial charge in [-0.05, 0) is 51.2 Å². The summed E-state index contributed by atoms with van der Waals surface area (Å²) in [6.45, 7) is 8.85. The Bertz CT molecular complexity index is 832. The van der Waals surface area contributed by atoms with E-state index in [0.29, 0.717) is 16.7 Å². The van der Waals surface area contributed by atoms with Gasteiger partial charge in [-0.3, -0.25) is 0 Å². The summed E-state index contributed by atoms with van der Waals surface area (Å²) in [6, 6.07) is 10.8. The molecule has 2 aromatic rings. The van der Waals surface area contributed by atoms with Crippen LogP contribution in [0.25, 0.3) is 0 Å². The molecule has 0 bridgehead atoms. The lowest BCUT2D eigenvalue weighted by Crippen LogP contribution is -2.54. The number of anilines is 2. The third kappa shape index (κ3) is 4.42. The Morgan fingerprint density at radius 3 is 2.59 bits per heavy atom. The second kappa shape index (κ2) is 8.27. The summed E-state index contributed by atoms with van der Waals surface area (Å²) in [5.41, 5.74) is 3.05. The molecule has 0 radical (unpaired) electrons. The Balaban J connectivity index is 1.66. The predicted molar refractivity (Wildman–Crippen MR) is 116 cm³/mol. The average molecular weight is 404 g/mol. The highest BCUT2D eigenvalue weighted by Crippen LogP contribution is 2.29. The molecule has 0 unspecified atom stereocenters. The zero-order valence-electron chi connectivity index (χ0n) is 16.1. The van der Waals surface area contributed by atoms with E-state index in [1.807, 2.05) is 13.0 Å². The third-order valence-corrected chi connectivity index (χ3v) is 6.09. The van der Waals surface area contributed by atoms with Gasteiger partial charge in [-0.15, -0.1) is 11.3 Å². The topological polar surface area (TPSA) is 44.8 Å². The van der Waals surface area contributed by atoms with Crippen molar-refractivity contribution in [1.29, 1.82) is 0 Å². The fourth-order valence-corrected chi connectivity index (χ4v) is 4.54. The third-order valence-electron chi connectivity index (χ3n) is 4.76. The Kier molecular flexibility index (Phi) is 6.01. The van der Waals surface area contributed by atoms with Crippen LogP contribution in [-0.4, -0.2) is 48.8 Å². The number of nitrogens with one attached hydrogen (secondary N) is 1. The molecule has 3 rings (SSSR count). The zero-order chi connectivity index (χ0) is 19.6. The van der Waals surface area contributed by atoms with Crippen molar-refractivity contribution >= 4 is 45.3 Å². The summed E-state index contributed by atoms with van der Waals surface area (Å²) in [5, 5.41) is 4.65. The summed E-state index contributed by atoms with van der Waals surface area (Å²) in [4.78, 5) is 17.6. The molecule has 7 heteroatoms. The minimum atomic E-state index is -0.345. The van der Waals surface area contributed by atoms with Gasteiger partial charge in [0.05, 0.1) is 12.7 Å². The van der Waals surface area contributed by atoms with E-state index in [9.17, 15) is 4.79 Å². The largest absolute Gasteiger partial charge is 0.465 e. The number of carbonyl (C=O) groups is 1. The predicted octanol–water partition coefficient (Wildman–Crippen LogP) is 4.06. The molecular weight excluding hydrogens is 378 g/mol. The standard InChI is InChI=1S/C20H25N3O2S2/c1-13-5-7-16(8-6-13)23-10-9-22(12-14(23)2)20(26)21-18-17(19(24)25-4)11-15(3)27-18/h5-8,11,14H,9-10,12H2,1-4H3,(H,21,26)/t14-/m1/s1. The van der Waals surface area contributed by atoms with Crippen molar-refractivity contribution in [2.24, 2.45) is 0 Å². The molecule has 1 aromatic heterocycles. The molecule has 1 fully saturated rings. The molecule has 0 saturated carbocycles. The summed E-state index contributed by atoms with van der Waals surface area (Å²) >= 11 is 7.14. The molecule has 144 valence electrons. The monoisotopic (exact) mass is 403 g/mol. The van der Waals surface area contributed by atoms with Crippen molar-refractivity contribution in [2.75, 3.05) is 37.0 Å². The second-order valence-electron chi connectivity index (χ2n) is 6.85. The van der Waals surface area contributed by atoms with Crippen LogP contribution in [0.3, 0.4) is 0 Å². The number of methoxy groups -OCH3 is 1. The normalized spacial score (nSPS) is 17.0. The van der Waals surface area contributed by atoms with Crippen LogP contribution in [0, 0.1) is 13.8 Å². The summed E-state index contributed by atoms with van der Waals surface area (Å²) in [6.07, 6.45) is 0. The van der Waals surface area contributed by atoms with E-state index >= 15 is 0 Å². The van der Waals surface area contributed by atoms with Crippen LogP contribution in [0.2, 0.25) is 0 Å². The van der Waals surface area contributed by atoms with Crippen molar-refractivity contribution < 1.29 is 9.53 Å². The summed E-state index contributed by atoms with van der Waals surface area (Å²) in [7, 11) is 1.39. The quantitative estimate of drug-likeness (QED) is 0.616. The van der Waals surface area contributed by atoms with E-state index < -0.39 is 0 Å². The van der Waals surface area contributed by atoms with Gasteiger partial charge in [-0.25, -0.2) is 4.79 Å². The van der Waals surface area contributed by atoms with Gasteiger partial charge in [0, 0.05) is 36.2 Å². The Labute approximate surface area is 169 Å². The summed E-state index contributed by atoms with van der Waals surface area (Å²) in [5.74, 6) is -0.345. The Morgan fingerprint density at radius 2 is 1.96 bits per heavy atom. The van der Waals surface area contributed by atoms with Gasteiger partial charge in [0.1, 0.15) is 5.00 Å². The van der Waals surface area contributed by atoms with Crippen molar-refractivity contribution in [2.45, 2.75) is 26.8 Å². The Hall–Kier alpha value is -2.12. The lowest BCUT2D eigenvalue weighted by molar-refractivity contribution is 0.0602. The number of aryl methyl sites for hydroxylation is 2. The number of rotatable bonds is 3. The van der Waals surface area contributed by atoms with Crippen LogP contribution >= 0.6 is 23.6 Å². The number of benzene rings is 1. The maximum absolute atomic E-state index is 12.0. The molecule has 1 atom stereocenters. The SMILES string of the molecule is COC(=O)c1cc(C)sc1NC(=S)N1CCN(c2ccc(C)cc2)[C@H](C)C1. The molecule has 0 spiro atoms. The smallest absolute Gasteiger partial charge is 0.340 e. The number of ether oxygens (including phenoxy) is 1. The lowest BCUT2D eigenvalue weighted by Gasteiger charge is -2.42. The second-order valence-corrected chi connectivity index (χ2v) is 8.49. The fraction of sp³-hybridized carbons (Fsp3) is 0.400. The minimum Gasteiger partial charge on any atom is -0.465 e. The van der Waals surface area contributed by atoms with Crippen LogP contribution < -0.4 is 10.2 Å². The van der Waals surface area contributed by atoms with Crippen LogP contribution in [-0.2, 0) is 4.74 Å². The highest BCUT2D eigenvalue weighted by molar-refractivity contribution is 7.80. The van der Waals surface area contributed by atoms with E-state index in [4.69, 9.17) is 17.0 Å². The van der Waals surface area contributed by atoms with Crippen molar-refractivity contribution in [3.05, 3.63) is 46.3 Å². The number of nitrogens with zero attached hydrogens (tertiary/aromatic N) is 2. The van der Waals surface area contributed by atoms with Gasteiger partial charge in [0.2, 0.25) is 0 Å². The summed E-state index contributed by atoms with van der Waals surface area (Å²) < 4.78 is 4.87. The molecule has 27 heavy (non-hydrogen) atoms. The first-order chi connectivity index (χ1) is 12.9. The van der Waals surface area contributed by atoms with Crippen molar-refractivity contribution in [3.63, 3.8) is 0 Å². The molecule has 1 aliphatic rings. The van der Waals surface area contributed by atoms with E-state index in [1.165, 1.54) is 29.7 Å². The lowest BCUT2D eigenvalue weighted by atomic mass is 10.1. The highest BCUT2D eigenvalue weighted by atomic mass is 32.1. The molecule has 2 heterocycles. The minimum absolute atomic E-state index is 0.339. The zero-order valence-corrected chi connectivity index (χ0v) is 17.7. The van der Waals surface area contributed by atoms with Crippen LogP contribution in [0.4, 0.5) is 10.7 Å². The molecule has 1 aliphatic heterocycles. The highest BCUT2D eigenvalue weighted by Gasteiger charge is 2.26. The molecule has 1 N–H and O–H groups in total. The van der Waals surface area contributed by atoms with E-state index in [2.05, 4.69) is 53.2 Å². The van der Waals surface area contributed by atoms with E-state index in [-0.39, 0.29) is 5.97 Å². The number of carbonyl (C=O) groups excluding carboxylic acids is 1.